The molecule has 0 bridgehead atoms. The van der Waals surface area contributed by atoms with E-state index in [1.807, 2.05) is 13.8 Å². The summed E-state index contributed by atoms with van der Waals surface area (Å²) in [6, 6.07) is 0. The van der Waals surface area contributed by atoms with Crippen molar-refractivity contribution in [3.63, 3.8) is 0 Å². The van der Waals surface area contributed by atoms with Gasteiger partial charge in [0, 0.05) is 6.61 Å². The van der Waals surface area contributed by atoms with Gasteiger partial charge in [-0.05, 0) is 18.8 Å². The summed E-state index contributed by atoms with van der Waals surface area (Å²) >= 11 is 0. The summed E-state index contributed by atoms with van der Waals surface area (Å²) in [7, 11) is 0. The molecule has 0 amide bonds. The number of hydrogen-bond donors (Lipinski definition) is 1. The molecule has 1 saturated heterocycles. The van der Waals surface area contributed by atoms with Gasteiger partial charge < -0.3 is 9.84 Å². The van der Waals surface area contributed by atoms with Gasteiger partial charge >= 0.3 is 5.97 Å². The Kier molecular flexibility index (Phi) is 3.09. The molecule has 0 aromatic rings. The Labute approximate surface area is 72.7 Å². The van der Waals surface area contributed by atoms with E-state index in [4.69, 9.17) is 9.84 Å². The number of hydrogen-bond acceptors (Lipinski definition) is 2. The summed E-state index contributed by atoms with van der Waals surface area (Å²) in [5.74, 6) is -0.710. The number of carboxylic acid groups (broad SMARTS) is 1. The molecule has 0 unspecified atom stereocenters. The first kappa shape index (κ1) is 9.52. The summed E-state index contributed by atoms with van der Waals surface area (Å²) in [5.41, 5.74) is 0. The normalized spacial score (nSPS) is 30.6. The third kappa shape index (κ3) is 1.97. The molecular weight excluding hydrogens is 156 g/mol. The van der Waals surface area contributed by atoms with Gasteiger partial charge in [0.15, 0.2) is 0 Å². The van der Waals surface area contributed by atoms with Gasteiger partial charge in [-0.15, -0.1) is 0 Å². The second-order valence-electron chi connectivity index (χ2n) is 3.67. The van der Waals surface area contributed by atoms with Crippen LogP contribution in [0.15, 0.2) is 0 Å². The second-order valence-corrected chi connectivity index (χ2v) is 3.67. The Balaban J connectivity index is 2.60. The van der Waals surface area contributed by atoms with Gasteiger partial charge in [-0.2, -0.15) is 0 Å². The number of aliphatic carboxylic acids is 1. The molecule has 70 valence electrons. The van der Waals surface area contributed by atoms with Gasteiger partial charge in [0.05, 0.1) is 12.0 Å². The zero-order valence-electron chi connectivity index (χ0n) is 7.62. The van der Waals surface area contributed by atoms with Crippen LogP contribution in [0.2, 0.25) is 0 Å². The van der Waals surface area contributed by atoms with Crippen LogP contribution in [0.5, 0.6) is 0 Å². The van der Waals surface area contributed by atoms with Gasteiger partial charge in [-0.25, -0.2) is 0 Å². The van der Waals surface area contributed by atoms with E-state index >= 15 is 0 Å². The summed E-state index contributed by atoms with van der Waals surface area (Å²) in [4.78, 5) is 10.8. The van der Waals surface area contributed by atoms with Crippen LogP contribution in [0.3, 0.4) is 0 Å². The molecule has 12 heavy (non-hydrogen) atoms. The third-order valence-corrected chi connectivity index (χ3v) is 2.34. The van der Waals surface area contributed by atoms with Crippen LogP contribution >= 0.6 is 0 Å². The lowest BCUT2D eigenvalue weighted by molar-refractivity contribution is -0.154. The standard InChI is InChI=1S/C9H16O3/c1-6(2)8-7(9(10)11)4-3-5-12-8/h6-8H,3-5H2,1-2H3,(H,10,11)/t7-,8-/m0/s1. The van der Waals surface area contributed by atoms with Crippen LogP contribution in [0.25, 0.3) is 0 Å². The van der Waals surface area contributed by atoms with Crippen LogP contribution in [-0.4, -0.2) is 23.8 Å². The molecule has 0 spiro atoms. The SMILES string of the molecule is CC(C)[C@@H]1OCCC[C@@H]1C(=O)O. The van der Waals surface area contributed by atoms with Crippen LogP contribution in [-0.2, 0) is 9.53 Å². The first-order valence-electron chi connectivity index (χ1n) is 4.47. The van der Waals surface area contributed by atoms with Gasteiger partial charge in [0.1, 0.15) is 0 Å². The minimum absolute atomic E-state index is 0.0868. The predicted octanol–water partition coefficient (Wildman–Crippen LogP) is 1.52. The fraction of sp³-hybridized carbons (Fsp3) is 0.889. The number of ether oxygens (including phenoxy) is 1. The van der Waals surface area contributed by atoms with Gasteiger partial charge in [0.2, 0.25) is 0 Å². The predicted molar refractivity (Wildman–Crippen MR) is 44.9 cm³/mol. The maximum Gasteiger partial charge on any atom is 0.309 e. The van der Waals surface area contributed by atoms with Gasteiger partial charge in [0.25, 0.3) is 0 Å². The average molecular weight is 172 g/mol. The molecule has 0 saturated carbocycles. The molecule has 1 N–H and O–H groups in total. The van der Waals surface area contributed by atoms with Crippen LogP contribution < -0.4 is 0 Å². The Bertz CT molecular complexity index is 165. The van der Waals surface area contributed by atoms with Crippen molar-refractivity contribution in [2.24, 2.45) is 11.8 Å². The Morgan fingerprint density at radius 3 is 2.67 bits per heavy atom. The minimum Gasteiger partial charge on any atom is -0.481 e. The number of carboxylic acids is 1. The largest absolute Gasteiger partial charge is 0.481 e. The summed E-state index contributed by atoms with van der Waals surface area (Å²) in [6.07, 6.45) is 1.55. The molecule has 3 heteroatoms. The van der Waals surface area contributed by atoms with Crippen molar-refractivity contribution in [3.8, 4) is 0 Å². The van der Waals surface area contributed by atoms with E-state index in [2.05, 4.69) is 0 Å². The highest BCUT2D eigenvalue weighted by Gasteiger charge is 2.33. The Morgan fingerprint density at radius 1 is 1.58 bits per heavy atom. The van der Waals surface area contributed by atoms with Crippen molar-refractivity contribution >= 4 is 5.97 Å². The van der Waals surface area contributed by atoms with Crippen LogP contribution in [0, 0.1) is 11.8 Å². The quantitative estimate of drug-likeness (QED) is 0.687. The van der Waals surface area contributed by atoms with E-state index in [-0.39, 0.29) is 12.0 Å². The van der Waals surface area contributed by atoms with E-state index in [0.29, 0.717) is 12.5 Å². The molecule has 1 aliphatic heterocycles. The first-order valence-corrected chi connectivity index (χ1v) is 4.47. The molecule has 1 heterocycles. The monoisotopic (exact) mass is 172 g/mol. The first-order chi connectivity index (χ1) is 5.63. The van der Waals surface area contributed by atoms with E-state index in [9.17, 15) is 4.79 Å². The van der Waals surface area contributed by atoms with Gasteiger partial charge in [-0.3, -0.25) is 4.79 Å². The number of rotatable bonds is 2. The molecule has 1 fully saturated rings. The third-order valence-electron chi connectivity index (χ3n) is 2.34. The molecular formula is C9H16O3. The Hall–Kier alpha value is -0.570. The van der Waals surface area contributed by atoms with Gasteiger partial charge in [-0.1, -0.05) is 13.8 Å². The van der Waals surface area contributed by atoms with Crippen molar-refractivity contribution in [2.45, 2.75) is 32.8 Å². The highest BCUT2D eigenvalue weighted by atomic mass is 16.5. The van der Waals surface area contributed by atoms with Crippen molar-refractivity contribution in [3.05, 3.63) is 0 Å². The fourth-order valence-corrected chi connectivity index (χ4v) is 1.72. The summed E-state index contributed by atoms with van der Waals surface area (Å²) < 4.78 is 5.43. The lowest BCUT2D eigenvalue weighted by Gasteiger charge is -2.31. The van der Waals surface area contributed by atoms with E-state index in [1.54, 1.807) is 0 Å². The topological polar surface area (TPSA) is 46.5 Å². The summed E-state index contributed by atoms with van der Waals surface area (Å²) in [5, 5.41) is 8.88. The smallest absolute Gasteiger partial charge is 0.309 e. The van der Waals surface area contributed by atoms with Crippen LogP contribution in [0.1, 0.15) is 26.7 Å². The van der Waals surface area contributed by atoms with Crippen LogP contribution in [0.4, 0.5) is 0 Å². The minimum atomic E-state index is -0.714. The molecule has 1 rings (SSSR count). The Morgan fingerprint density at radius 2 is 2.25 bits per heavy atom. The summed E-state index contributed by atoms with van der Waals surface area (Å²) in [6.45, 7) is 4.73. The maximum atomic E-state index is 10.8. The lowest BCUT2D eigenvalue weighted by atomic mass is 9.88. The van der Waals surface area contributed by atoms with E-state index < -0.39 is 5.97 Å². The molecule has 3 nitrogen and oxygen atoms in total. The molecule has 2 atom stereocenters. The second kappa shape index (κ2) is 3.90. The van der Waals surface area contributed by atoms with E-state index in [0.717, 1.165) is 12.8 Å². The van der Waals surface area contributed by atoms with E-state index in [1.165, 1.54) is 0 Å². The highest BCUT2D eigenvalue weighted by Crippen LogP contribution is 2.26. The number of carbonyl (C=O) groups is 1. The van der Waals surface area contributed by atoms with Crippen molar-refractivity contribution < 1.29 is 14.6 Å². The zero-order chi connectivity index (χ0) is 9.14. The molecule has 0 aliphatic carbocycles. The highest BCUT2D eigenvalue weighted by molar-refractivity contribution is 5.70. The van der Waals surface area contributed by atoms with Crippen molar-refractivity contribution in [1.82, 2.24) is 0 Å². The average Bonchev–Trinajstić information content (AvgIpc) is 2.04. The maximum absolute atomic E-state index is 10.8. The molecule has 0 aromatic heterocycles. The molecule has 0 radical (unpaired) electrons. The molecule has 1 aliphatic rings. The zero-order valence-corrected chi connectivity index (χ0v) is 7.62. The lowest BCUT2D eigenvalue weighted by Crippen LogP contribution is -2.38. The fourth-order valence-electron chi connectivity index (χ4n) is 1.72. The van der Waals surface area contributed by atoms with Crippen molar-refractivity contribution in [2.75, 3.05) is 6.61 Å². The van der Waals surface area contributed by atoms with Crippen molar-refractivity contribution in [1.29, 1.82) is 0 Å². The molecule has 0 aromatic carbocycles.